The van der Waals surface area contributed by atoms with Crippen LogP contribution in [0.3, 0.4) is 0 Å². The van der Waals surface area contributed by atoms with Gasteiger partial charge in [0.2, 0.25) is 0 Å². The number of para-hydroxylation sites is 1. The van der Waals surface area contributed by atoms with Crippen molar-refractivity contribution in [3.63, 3.8) is 0 Å². The third kappa shape index (κ3) is 3.95. The van der Waals surface area contributed by atoms with Gasteiger partial charge in [-0.25, -0.2) is 0 Å². The predicted molar refractivity (Wildman–Crippen MR) is 57.7 cm³/mol. The van der Waals surface area contributed by atoms with E-state index in [9.17, 15) is 8.42 Å². The number of hydrogen-bond acceptors (Lipinski definition) is 2. The number of hydrogen-bond donors (Lipinski definition) is 2. The molecule has 1 aromatic rings. The first kappa shape index (κ1) is 11.3. The molecule has 0 aliphatic carbocycles. The van der Waals surface area contributed by atoms with E-state index in [0.29, 0.717) is 5.69 Å². The molecule has 0 unspecified atom stereocenters. The van der Waals surface area contributed by atoms with Gasteiger partial charge in [0.15, 0.2) is 0 Å². The quantitative estimate of drug-likeness (QED) is 0.752. The van der Waals surface area contributed by atoms with E-state index in [1.807, 2.05) is 6.07 Å². The summed E-state index contributed by atoms with van der Waals surface area (Å²) in [6, 6.07) is 8.64. The fourth-order valence-corrected chi connectivity index (χ4v) is 1.97. The third-order valence-corrected chi connectivity index (χ3v) is 2.69. The normalized spacial score (nSPS) is 11.2. The lowest BCUT2D eigenvalue weighted by molar-refractivity contribution is 0.589. The Kier molecular flexibility index (Phi) is 4.19. The van der Waals surface area contributed by atoms with Gasteiger partial charge >= 0.3 is 0 Å². The molecule has 0 spiro atoms. The average Bonchev–Trinajstić information content (AvgIpc) is 2.16. The number of alkyl halides is 1. The van der Waals surface area contributed by atoms with Gasteiger partial charge in [-0.1, -0.05) is 18.2 Å². The van der Waals surface area contributed by atoms with E-state index in [0.717, 1.165) is 0 Å². The first-order chi connectivity index (χ1) is 6.64. The van der Waals surface area contributed by atoms with Crippen molar-refractivity contribution in [2.45, 2.75) is 0 Å². The molecule has 0 saturated heterocycles. The van der Waals surface area contributed by atoms with Crippen LogP contribution in [0.5, 0.6) is 0 Å². The molecule has 0 heterocycles. The number of nitrogens with one attached hydrogen (secondary N) is 2. The largest absolute Gasteiger partial charge is 0.299 e. The summed E-state index contributed by atoms with van der Waals surface area (Å²) in [6.45, 7) is 0.212. The summed E-state index contributed by atoms with van der Waals surface area (Å²) in [5.74, 6) is 0.246. The molecule has 0 aliphatic rings. The predicted octanol–water partition coefficient (Wildman–Crippen LogP) is 1.17. The van der Waals surface area contributed by atoms with Crippen LogP contribution in [0.1, 0.15) is 0 Å². The highest BCUT2D eigenvalue weighted by molar-refractivity contribution is 7.90. The maximum atomic E-state index is 11.3. The van der Waals surface area contributed by atoms with E-state index < -0.39 is 10.2 Å². The molecule has 6 heteroatoms. The summed E-state index contributed by atoms with van der Waals surface area (Å²) >= 11 is 5.36. The average molecular weight is 235 g/mol. The monoisotopic (exact) mass is 234 g/mol. The smallest absolute Gasteiger partial charge is 0.271 e. The highest BCUT2D eigenvalue weighted by atomic mass is 35.5. The van der Waals surface area contributed by atoms with E-state index in [2.05, 4.69) is 9.44 Å². The van der Waals surface area contributed by atoms with Gasteiger partial charge in [-0.2, -0.15) is 13.1 Å². The molecule has 0 bridgehead atoms. The van der Waals surface area contributed by atoms with Crippen molar-refractivity contribution >= 4 is 27.5 Å². The minimum absolute atomic E-state index is 0.212. The van der Waals surface area contributed by atoms with Crippen molar-refractivity contribution in [2.75, 3.05) is 17.1 Å². The summed E-state index contributed by atoms with van der Waals surface area (Å²) in [5.41, 5.74) is 0.523. The van der Waals surface area contributed by atoms with Crippen molar-refractivity contribution in [3.05, 3.63) is 30.3 Å². The summed E-state index contributed by atoms with van der Waals surface area (Å²) in [5, 5.41) is 0. The van der Waals surface area contributed by atoms with Crippen molar-refractivity contribution in [2.24, 2.45) is 0 Å². The van der Waals surface area contributed by atoms with Crippen molar-refractivity contribution in [1.29, 1.82) is 0 Å². The molecule has 78 valence electrons. The molecular weight excluding hydrogens is 224 g/mol. The first-order valence-electron chi connectivity index (χ1n) is 4.02. The van der Waals surface area contributed by atoms with Gasteiger partial charge in [-0.05, 0) is 12.1 Å². The molecule has 4 nitrogen and oxygen atoms in total. The number of benzene rings is 1. The fourth-order valence-electron chi connectivity index (χ4n) is 0.870. The van der Waals surface area contributed by atoms with E-state index in [4.69, 9.17) is 11.6 Å². The van der Waals surface area contributed by atoms with Crippen LogP contribution in [0.2, 0.25) is 0 Å². The van der Waals surface area contributed by atoms with Gasteiger partial charge in [0, 0.05) is 18.1 Å². The summed E-state index contributed by atoms with van der Waals surface area (Å²) in [4.78, 5) is 0. The maximum absolute atomic E-state index is 11.3. The molecule has 1 rings (SSSR count). The van der Waals surface area contributed by atoms with Crippen LogP contribution < -0.4 is 9.44 Å². The molecule has 0 aliphatic heterocycles. The molecule has 0 atom stereocenters. The second kappa shape index (κ2) is 5.19. The van der Waals surface area contributed by atoms with E-state index in [1.54, 1.807) is 24.3 Å². The zero-order chi connectivity index (χ0) is 10.4. The van der Waals surface area contributed by atoms with Crippen molar-refractivity contribution < 1.29 is 8.42 Å². The second-order valence-electron chi connectivity index (χ2n) is 2.55. The molecule has 0 radical (unpaired) electrons. The Labute approximate surface area is 88.5 Å². The van der Waals surface area contributed by atoms with E-state index >= 15 is 0 Å². The lowest BCUT2D eigenvalue weighted by Gasteiger charge is -2.07. The molecular formula is C8H11ClN2O2S. The zero-order valence-corrected chi connectivity index (χ0v) is 8.98. The van der Waals surface area contributed by atoms with Gasteiger partial charge in [-0.15, -0.1) is 11.6 Å². The Morgan fingerprint density at radius 1 is 1.21 bits per heavy atom. The first-order valence-corrected chi connectivity index (χ1v) is 6.04. The van der Waals surface area contributed by atoms with Gasteiger partial charge in [0.25, 0.3) is 10.2 Å². The van der Waals surface area contributed by atoms with Crippen LogP contribution in [0.4, 0.5) is 5.69 Å². The van der Waals surface area contributed by atoms with Gasteiger partial charge in [0.05, 0.1) is 0 Å². The molecule has 0 aromatic heterocycles. The second-order valence-corrected chi connectivity index (χ2v) is 4.43. The van der Waals surface area contributed by atoms with Crippen LogP contribution in [-0.2, 0) is 10.2 Å². The Balaban J connectivity index is 2.60. The molecule has 0 amide bonds. The Morgan fingerprint density at radius 2 is 1.86 bits per heavy atom. The molecule has 14 heavy (non-hydrogen) atoms. The zero-order valence-electron chi connectivity index (χ0n) is 7.40. The highest BCUT2D eigenvalue weighted by Gasteiger charge is 2.07. The lowest BCUT2D eigenvalue weighted by atomic mass is 10.3. The number of anilines is 1. The van der Waals surface area contributed by atoms with E-state index in [-0.39, 0.29) is 12.4 Å². The van der Waals surface area contributed by atoms with Crippen molar-refractivity contribution in [1.82, 2.24) is 4.72 Å². The van der Waals surface area contributed by atoms with E-state index in [1.165, 1.54) is 0 Å². The van der Waals surface area contributed by atoms with Crippen LogP contribution in [0.25, 0.3) is 0 Å². The van der Waals surface area contributed by atoms with Gasteiger partial charge in [-0.3, -0.25) is 4.72 Å². The van der Waals surface area contributed by atoms with Crippen LogP contribution in [0, 0.1) is 0 Å². The van der Waals surface area contributed by atoms with Crippen LogP contribution >= 0.6 is 11.6 Å². The molecule has 1 aromatic carbocycles. The van der Waals surface area contributed by atoms with Crippen LogP contribution in [-0.4, -0.2) is 20.8 Å². The molecule has 0 saturated carbocycles. The molecule has 2 N–H and O–H groups in total. The molecule has 0 fully saturated rings. The standard InChI is InChI=1S/C8H11ClN2O2S/c9-6-7-10-14(12,13)11-8-4-2-1-3-5-8/h1-5,10-11H,6-7H2. The highest BCUT2D eigenvalue weighted by Crippen LogP contribution is 2.06. The van der Waals surface area contributed by atoms with Crippen LogP contribution in [0.15, 0.2) is 30.3 Å². The number of rotatable bonds is 5. The summed E-state index contributed by atoms with van der Waals surface area (Å²) < 4.78 is 27.2. The van der Waals surface area contributed by atoms with Gasteiger partial charge < -0.3 is 0 Å². The fraction of sp³-hybridized carbons (Fsp3) is 0.250. The lowest BCUT2D eigenvalue weighted by Crippen LogP contribution is -2.31. The topological polar surface area (TPSA) is 58.2 Å². The Bertz CT molecular complexity index is 366. The minimum Gasteiger partial charge on any atom is -0.271 e. The minimum atomic E-state index is -3.48. The van der Waals surface area contributed by atoms with Gasteiger partial charge in [0.1, 0.15) is 0 Å². The third-order valence-electron chi connectivity index (χ3n) is 1.41. The summed E-state index contributed by atoms with van der Waals surface area (Å²) in [7, 11) is -3.48. The summed E-state index contributed by atoms with van der Waals surface area (Å²) in [6.07, 6.45) is 0. The SMILES string of the molecule is O=S(=O)(NCCCl)Nc1ccccc1. The number of halogens is 1. The Hall–Kier alpha value is -0.780. The maximum Gasteiger partial charge on any atom is 0.299 e. The van der Waals surface area contributed by atoms with Crippen molar-refractivity contribution in [3.8, 4) is 0 Å². The Morgan fingerprint density at radius 3 is 2.43 bits per heavy atom.